The van der Waals surface area contributed by atoms with Crippen LogP contribution in [0, 0.1) is 0 Å². The Labute approximate surface area is 157 Å². The van der Waals surface area contributed by atoms with Crippen LogP contribution in [0.2, 0.25) is 5.02 Å². The molecular formula is C19H22ClN5O. The highest BCUT2D eigenvalue weighted by Gasteiger charge is 2.30. The highest BCUT2D eigenvalue weighted by atomic mass is 35.5. The minimum absolute atomic E-state index is 0.497. The summed E-state index contributed by atoms with van der Waals surface area (Å²) in [6.07, 6.45) is 6.07. The molecule has 136 valence electrons. The van der Waals surface area contributed by atoms with E-state index in [-0.39, 0.29) is 0 Å². The smallest absolute Gasteiger partial charge is 0.175 e. The number of ether oxygens (including phenoxy) is 1. The molecule has 0 radical (unpaired) electrons. The van der Waals surface area contributed by atoms with Gasteiger partial charge in [0.2, 0.25) is 0 Å². The molecule has 2 fully saturated rings. The molecule has 2 saturated heterocycles. The van der Waals surface area contributed by atoms with Crippen molar-refractivity contribution in [3.05, 3.63) is 41.2 Å². The summed E-state index contributed by atoms with van der Waals surface area (Å²) < 4.78 is 9.02. The Kier molecular flexibility index (Phi) is 3.99. The van der Waals surface area contributed by atoms with E-state index in [0.717, 1.165) is 60.9 Å². The Balaban J connectivity index is 1.45. The van der Waals surface area contributed by atoms with Crippen LogP contribution < -0.4 is 0 Å². The summed E-state index contributed by atoms with van der Waals surface area (Å²) in [5.74, 6) is 1.33. The lowest BCUT2D eigenvalue weighted by molar-refractivity contribution is -0.0712. The van der Waals surface area contributed by atoms with Crippen LogP contribution in [-0.4, -0.2) is 56.8 Å². The van der Waals surface area contributed by atoms with Crippen molar-refractivity contribution in [2.75, 3.05) is 26.3 Å². The molecule has 0 saturated carbocycles. The van der Waals surface area contributed by atoms with Gasteiger partial charge in [-0.25, -0.2) is 4.68 Å². The highest BCUT2D eigenvalue weighted by molar-refractivity contribution is 6.32. The standard InChI is InChI=1S/C19H22ClN5O/c1-23-5-4-19(22-23)25-18-9-16(17(20)8-14(18)10-21-25)13-2-6-24(7-3-13)15-11-26-12-15/h4-5,8-10,13,15H,2-3,6-7,11-12H2,1H3. The Morgan fingerprint density at radius 3 is 2.65 bits per heavy atom. The molecule has 0 unspecified atom stereocenters. The maximum atomic E-state index is 6.64. The van der Waals surface area contributed by atoms with E-state index < -0.39 is 0 Å². The third kappa shape index (κ3) is 2.73. The molecule has 7 heteroatoms. The number of fused-ring (bicyclic) bond motifs is 1. The molecule has 0 aliphatic carbocycles. The van der Waals surface area contributed by atoms with Crippen molar-refractivity contribution >= 4 is 22.5 Å². The summed E-state index contributed by atoms with van der Waals surface area (Å²) in [6.45, 7) is 4.01. The van der Waals surface area contributed by atoms with Gasteiger partial charge in [0.15, 0.2) is 5.82 Å². The van der Waals surface area contributed by atoms with Gasteiger partial charge in [0.1, 0.15) is 0 Å². The minimum atomic E-state index is 0.497. The lowest BCUT2D eigenvalue weighted by atomic mass is 9.88. The topological polar surface area (TPSA) is 48.1 Å². The zero-order valence-corrected chi connectivity index (χ0v) is 15.6. The van der Waals surface area contributed by atoms with Crippen molar-refractivity contribution in [2.24, 2.45) is 7.05 Å². The van der Waals surface area contributed by atoms with E-state index in [1.807, 2.05) is 36.3 Å². The van der Waals surface area contributed by atoms with Crippen LogP contribution in [0.4, 0.5) is 0 Å². The van der Waals surface area contributed by atoms with Gasteiger partial charge >= 0.3 is 0 Å². The molecule has 2 aromatic heterocycles. The number of hydrogen-bond donors (Lipinski definition) is 0. The zero-order valence-electron chi connectivity index (χ0n) is 14.8. The van der Waals surface area contributed by atoms with E-state index >= 15 is 0 Å². The van der Waals surface area contributed by atoms with Gasteiger partial charge in [-0.05, 0) is 49.5 Å². The van der Waals surface area contributed by atoms with Crippen LogP contribution in [0.1, 0.15) is 24.3 Å². The summed E-state index contributed by atoms with van der Waals surface area (Å²) in [5.41, 5.74) is 2.30. The maximum Gasteiger partial charge on any atom is 0.175 e. The molecule has 0 spiro atoms. The van der Waals surface area contributed by atoms with E-state index in [1.54, 1.807) is 4.68 Å². The average Bonchev–Trinajstić information content (AvgIpc) is 3.19. The molecule has 0 amide bonds. The normalized spacial score (nSPS) is 19.9. The number of halogens is 1. The molecule has 0 N–H and O–H groups in total. The van der Waals surface area contributed by atoms with E-state index in [1.165, 1.54) is 5.56 Å². The monoisotopic (exact) mass is 371 g/mol. The number of benzene rings is 1. The third-order valence-electron chi connectivity index (χ3n) is 5.71. The van der Waals surface area contributed by atoms with Crippen molar-refractivity contribution in [3.63, 3.8) is 0 Å². The van der Waals surface area contributed by atoms with Gasteiger partial charge in [-0.15, -0.1) is 0 Å². The van der Waals surface area contributed by atoms with Crippen molar-refractivity contribution in [1.29, 1.82) is 0 Å². The summed E-state index contributed by atoms with van der Waals surface area (Å²) in [4.78, 5) is 2.56. The first-order valence-corrected chi connectivity index (χ1v) is 9.56. The number of piperidine rings is 1. The van der Waals surface area contributed by atoms with Crippen molar-refractivity contribution in [1.82, 2.24) is 24.5 Å². The minimum Gasteiger partial charge on any atom is -0.378 e. The van der Waals surface area contributed by atoms with E-state index in [0.29, 0.717) is 12.0 Å². The van der Waals surface area contributed by atoms with Gasteiger partial charge in [0, 0.05) is 29.7 Å². The summed E-state index contributed by atoms with van der Waals surface area (Å²) in [7, 11) is 1.92. The second kappa shape index (κ2) is 6.37. The molecule has 6 nitrogen and oxygen atoms in total. The first-order chi connectivity index (χ1) is 12.7. The van der Waals surface area contributed by atoms with E-state index in [4.69, 9.17) is 16.3 Å². The quantitative estimate of drug-likeness (QED) is 0.710. The number of hydrogen-bond acceptors (Lipinski definition) is 4. The molecule has 4 heterocycles. The number of nitrogens with zero attached hydrogens (tertiary/aromatic N) is 5. The molecule has 3 aromatic rings. The maximum absolute atomic E-state index is 6.64. The van der Waals surface area contributed by atoms with Crippen LogP contribution in [0.5, 0.6) is 0 Å². The first-order valence-electron chi connectivity index (χ1n) is 9.18. The fourth-order valence-corrected chi connectivity index (χ4v) is 4.41. The average molecular weight is 372 g/mol. The lowest BCUT2D eigenvalue weighted by Crippen LogP contribution is -2.51. The second-order valence-corrected chi connectivity index (χ2v) is 7.75. The van der Waals surface area contributed by atoms with Gasteiger partial charge in [0.05, 0.1) is 31.0 Å². The van der Waals surface area contributed by atoms with Crippen molar-refractivity contribution in [3.8, 4) is 5.82 Å². The van der Waals surface area contributed by atoms with Gasteiger partial charge in [-0.2, -0.15) is 10.2 Å². The number of aryl methyl sites for hydroxylation is 1. The van der Waals surface area contributed by atoms with Crippen LogP contribution >= 0.6 is 11.6 Å². The third-order valence-corrected chi connectivity index (χ3v) is 6.04. The predicted molar refractivity (Wildman–Crippen MR) is 101 cm³/mol. The van der Waals surface area contributed by atoms with Crippen LogP contribution in [0.3, 0.4) is 0 Å². The zero-order chi connectivity index (χ0) is 17.7. The molecule has 2 aliphatic heterocycles. The summed E-state index contributed by atoms with van der Waals surface area (Å²) in [6, 6.07) is 6.86. The van der Waals surface area contributed by atoms with Gasteiger partial charge in [-0.1, -0.05) is 11.6 Å². The first kappa shape index (κ1) is 16.3. The van der Waals surface area contributed by atoms with Crippen molar-refractivity contribution < 1.29 is 4.74 Å². The van der Waals surface area contributed by atoms with Gasteiger partial charge in [0.25, 0.3) is 0 Å². The Morgan fingerprint density at radius 2 is 2.00 bits per heavy atom. The van der Waals surface area contributed by atoms with Gasteiger partial charge < -0.3 is 4.74 Å². The molecule has 0 atom stereocenters. The van der Waals surface area contributed by atoms with E-state index in [2.05, 4.69) is 21.2 Å². The Morgan fingerprint density at radius 1 is 1.19 bits per heavy atom. The fourth-order valence-electron chi connectivity index (χ4n) is 4.08. The molecule has 0 bridgehead atoms. The molecule has 5 rings (SSSR count). The summed E-state index contributed by atoms with van der Waals surface area (Å²) >= 11 is 6.64. The SMILES string of the molecule is Cn1ccc(-n2ncc3cc(Cl)c(C4CCN(C5COC5)CC4)cc32)n1. The largest absolute Gasteiger partial charge is 0.378 e. The highest BCUT2D eigenvalue weighted by Crippen LogP contribution is 2.36. The molecular weight excluding hydrogens is 350 g/mol. The van der Waals surface area contributed by atoms with E-state index in [9.17, 15) is 0 Å². The van der Waals surface area contributed by atoms with Crippen LogP contribution in [0.25, 0.3) is 16.7 Å². The fraction of sp³-hybridized carbons (Fsp3) is 0.474. The number of likely N-dealkylation sites (tertiary alicyclic amines) is 1. The second-order valence-electron chi connectivity index (χ2n) is 7.34. The lowest BCUT2D eigenvalue weighted by Gasteiger charge is -2.41. The Bertz CT molecular complexity index is 937. The Hall–Kier alpha value is -1.89. The number of aromatic nitrogens is 4. The summed E-state index contributed by atoms with van der Waals surface area (Å²) in [5, 5.41) is 10.9. The van der Waals surface area contributed by atoms with Gasteiger partial charge in [-0.3, -0.25) is 9.58 Å². The van der Waals surface area contributed by atoms with Crippen molar-refractivity contribution in [2.45, 2.75) is 24.8 Å². The molecule has 1 aromatic carbocycles. The molecule has 26 heavy (non-hydrogen) atoms. The van der Waals surface area contributed by atoms with Crippen LogP contribution in [0.15, 0.2) is 30.6 Å². The predicted octanol–water partition coefficient (Wildman–Crippen LogP) is 2.99. The number of rotatable bonds is 3. The molecule has 2 aliphatic rings. The van der Waals surface area contributed by atoms with Crippen LogP contribution in [-0.2, 0) is 11.8 Å².